The molecule has 0 bridgehead atoms. The van der Waals surface area contributed by atoms with Crippen LogP contribution in [0.25, 0.3) is 0 Å². The molecule has 0 aliphatic carbocycles. The number of esters is 1. The summed E-state index contributed by atoms with van der Waals surface area (Å²) >= 11 is 0. The first-order valence-corrected chi connectivity index (χ1v) is 26.6. The van der Waals surface area contributed by atoms with Gasteiger partial charge in [-0.2, -0.15) is 0 Å². The van der Waals surface area contributed by atoms with E-state index in [2.05, 4.69) is 13.8 Å². The number of hydrogen-bond donors (Lipinski definition) is 1. The van der Waals surface area contributed by atoms with Crippen molar-refractivity contribution in [2.24, 2.45) is 0 Å². The summed E-state index contributed by atoms with van der Waals surface area (Å²) in [7, 11) is 0. The Labute approximate surface area is 359 Å². The second-order valence-electron chi connectivity index (χ2n) is 18.3. The fourth-order valence-electron chi connectivity index (χ4n) is 8.45. The van der Waals surface area contributed by atoms with Crippen molar-refractivity contribution in [1.29, 1.82) is 0 Å². The molecule has 0 aromatic carbocycles. The first kappa shape index (κ1) is 56.4. The van der Waals surface area contributed by atoms with E-state index in [1.54, 1.807) is 0 Å². The van der Waals surface area contributed by atoms with E-state index < -0.39 is 6.10 Å². The SMILES string of the molecule is CCCCCCCCCCCCCCCCCCCCCCCCCC(=O)OC(CO)COCCCCCCCCCCCCCCCCCCCCCCCC. The lowest BCUT2D eigenvalue weighted by Crippen LogP contribution is -2.27. The van der Waals surface area contributed by atoms with Crippen LogP contribution in [0.2, 0.25) is 0 Å². The lowest BCUT2D eigenvalue weighted by Gasteiger charge is -2.16. The average Bonchev–Trinajstić information content (AvgIpc) is 3.22. The summed E-state index contributed by atoms with van der Waals surface area (Å²) in [5.41, 5.74) is 0. The standard InChI is InChI=1S/C53H106O4/c1-3-5-7-9-11-13-15-17-19-21-23-25-27-28-30-32-34-36-38-40-42-44-46-48-53(55)57-52(50-54)51-56-49-47-45-43-41-39-37-35-33-31-29-26-24-22-20-18-16-14-12-10-8-6-4-2/h52,54H,3-51H2,1-2H3. The summed E-state index contributed by atoms with van der Waals surface area (Å²) in [5, 5.41) is 9.66. The molecule has 0 fully saturated rings. The van der Waals surface area contributed by atoms with Gasteiger partial charge in [0.25, 0.3) is 0 Å². The van der Waals surface area contributed by atoms with Crippen LogP contribution in [-0.2, 0) is 14.3 Å². The van der Waals surface area contributed by atoms with Crippen LogP contribution in [0.3, 0.4) is 0 Å². The number of aliphatic hydroxyl groups is 1. The average molecular weight is 807 g/mol. The van der Waals surface area contributed by atoms with Gasteiger partial charge in [0.15, 0.2) is 0 Å². The van der Waals surface area contributed by atoms with Gasteiger partial charge < -0.3 is 14.6 Å². The predicted molar refractivity (Wildman–Crippen MR) is 252 cm³/mol. The molecule has 1 atom stereocenters. The van der Waals surface area contributed by atoms with Crippen LogP contribution in [0, 0.1) is 0 Å². The molecule has 0 radical (unpaired) electrons. The maximum atomic E-state index is 12.3. The zero-order chi connectivity index (χ0) is 41.2. The number of hydrogen-bond acceptors (Lipinski definition) is 4. The molecule has 0 rings (SSSR count). The summed E-state index contributed by atoms with van der Waals surface area (Å²) in [4.78, 5) is 12.3. The fraction of sp³-hybridized carbons (Fsp3) is 0.981. The van der Waals surface area contributed by atoms with E-state index in [4.69, 9.17) is 9.47 Å². The van der Waals surface area contributed by atoms with E-state index in [1.165, 1.54) is 270 Å². The summed E-state index contributed by atoms with van der Waals surface area (Å²) in [6.07, 6.45) is 62.1. The molecule has 0 saturated heterocycles. The summed E-state index contributed by atoms with van der Waals surface area (Å²) in [5.74, 6) is -0.189. The second kappa shape index (κ2) is 51.5. The van der Waals surface area contributed by atoms with Gasteiger partial charge in [0.2, 0.25) is 0 Å². The Morgan fingerprint density at radius 2 is 0.579 bits per heavy atom. The zero-order valence-electron chi connectivity index (χ0n) is 39.4. The molecule has 0 aromatic heterocycles. The Morgan fingerprint density at radius 1 is 0.351 bits per heavy atom. The van der Waals surface area contributed by atoms with Crippen LogP contribution in [0.1, 0.15) is 309 Å². The van der Waals surface area contributed by atoms with E-state index in [1.807, 2.05) is 0 Å². The third-order valence-electron chi connectivity index (χ3n) is 12.4. The number of carbonyl (C=O) groups is 1. The number of rotatable bonds is 51. The number of ether oxygens (including phenoxy) is 2. The summed E-state index contributed by atoms with van der Waals surface area (Å²) < 4.78 is 11.2. The van der Waals surface area contributed by atoms with Gasteiger partial charge in [-0.15, -0.1) is 0 Å². The highest BCUT2D eigenvalue weighted by Crippen LogP contribution is 2.18. The van der Waals surface area contributed by atoms with Gasteiger partial charge in [-0.3, -0.25) is 4.79 Å². The minimum atomic E-state index is -0.526. The van der Waals surface area contributed by atoms with Crippen LogP contribution in [0.4, 0.5) is 0 Å². The van der Waals surface area contributed by atoms with Gasteiger partial charge in [0, 0.05) is 13.0 Å². The van der Waals surface area contributed by atoms with Gasteiger partial charge in [0.1, 0.15) is 6.10 Å². The van der Waals surface area contributed by atoms with Gasteiger partial charge in [-0.1, -0.05) is 290 Å². The lowest BCUT2D eigenvalue weighted by atomic mass is 10.0. The third kappa shape index (κ3) is 49.7. The Balaban J connectivity index is 3.32. The molecule has 57 heavy (non-hydrogen) atoms. The van der Waals surface area contributed by atoms with E-state index in [9.17, 15) is 9.90 Å². The minimum absolute atomic E-state index is 0.162. The Kier molecular flexibility index (Phi) is 51.0. The van der Waals surface area contributed by atoms with Gasteiger partial charge in [-0.25, -0.2) is 0 Å². The van der Waals surface area contributed by atoms with E-state index in [-0.39, 0.29) is 12.6 Å². The number of unbranched alkanes of at least 4 members (excludes halogenated alkanes) is 43. The van der Waals surface area contributed by atoms with E-state index in [0.29, 0.717) is 19.6 Å². The van der Waals surface area contributed by atoms with Crippen LogP contribution in [0.5, 0.6) is 0 Å². The topological polar surface area (TPSA) is 55.8 Å². The summed E-state index contributed by atoms with van der Waals surface area (Å²) in [6.45, 7) is 5.43. The lowest BCUT2D eigenvalue weighted by molar-refractivity contribution is -0.154. The molecule has 1 N–H and O–H groups in total. The first-order valence-electron chi connectivity index (χ1n) is 26.6. The van der Waals surface area contributed by atoms with Crippen molar-refractivity contribution >= 4 is 5.97 Å². The maximum Gasteiger partial charge on any atom is 0.306 e. The van der Waals surface area contributed by atoms with Crippen molar-refractivity contribution in [3.8, 4) is 0 Å². The number of carbonyl (C=O) groups excluding carboxylic acids is 1. The van der Waals surface area contributed by atoms with E-state index >= 15 is 0 Å². The third-order valence-corrected chi connectivity index (χ3v) is 12.4. The maximum absolute atomic E-state index is 12.3. The van der Waals surface area contributed by atoms with Crippen molar-refractivity contribution in [3.63, 3.8) is 0 Å². The van der Waals surface area contributed by atoms with Gasteiger partial charge in [-0.05, 0) is 12.8 Å². The Bertz CT molecular complexity index is 726. The molecule has 0 aliphatic heterocycles. The Morgan fingerprint density at radius 3 is 0.825 bits per heavy atom. The van der Waals surface area contributed by atoms with Crippen molar-refractivity contribution in [2.75, 3.05) is 19.8 Å². The highest BCUT2D eigenvalue weighted by Gasteiger charge is 2.13. The smallest absolute Gasteiger partial charge is 0.306 e. The highest BCUT2D eigenvalue weighted by atomic mass is 16.6. The van der Waals surface area contributed by atoms with Gasteiger partial charge in [0.05, 0.1) is 13.2 Å². The van der Waals surface area contributed by atoms with Gasteiger partial charge >= 0.3 is 5.97 Å². The first-order chi connectivity index (χ1) is 28.2. The largest absolute Gasteiger partial charge is 0.457 e. The molecular formula is C53H106O4. The van der Waals surface area contributed by atoms with Crippen LogP contribution >= 0.6 is 0 Å². The van der Waals surface area contributed by atoms with Crippen LogP contribution < -0.4 is 0 Å². The summed E-state index contributed by atoms with van der Waals surface area (Å²) in [6, 6.07) is 0. The molecule has 0 aliphatic rings. The molecule has 342 valence electrons. The van der Waals surface area contributed by atoms with Crippen molar-refractivity contribution in [1.82, 2.24) is 0 Å². The molecule has 0 amide bonds. The van der Waals surface area contributed by atoms with E-state index in [0.717, 1.165) is 19.3 Å². The van der Waals surface area contributed by atoms with Crippen molar-refractivity contribution in [2.45, 2.75) is 315 Å². The fourth-order valence-corrected chi connectivity index (χ4v) is 8.45. The molecule has 0 aromatic rings. The monoisotopic (exact) mass is 807 g/mol. The molecule has 4 heteroatoms. The molecule has 0 saturated carbocycles. The van der Waals surface area contributed by atoms with Crippen molar-refractivity contribution < 1.29 is 19.4 Å². The normalized spacial score (nSPS) is 12.1. The molecule has 4 nitrogen and oxygen atoms in total. The molecule has 0 heterocycles. The Hall–Kier alpha value is -0.610. The highest BCUT2D eigenvalue weighted by molar-refractivity contribution is 5.69. The molecular weight excluding hydrogens is 701 g/mol. The molecule has 1 unspecified atom stereocenters. The zero-order valence-corrected chi connectivity index (χ0v) is 39.4. The van der Waals surface area contributed by atoms with Crippen LogP contribution in [-0.4, -0.2) is 37.0 Å². The molecule has 0 spiro atoms. The predicted octanol–water partition coefficient (Wildman–Crippen LogP) is 17.9. The van der Waals surface area contributed by atoms with Crippen molar-refractivity contribution in [3.05, 3.63) is 0 Å². The minimum Gasteiger partial charge on any atom is -0.457 e. The quantitative estimate of drug-likeness (QED) is 0.0491. The number of aliphatic hydroxyl groups excluding tert-OH is 1. The second-order valence-corrected chi connectivity index (χ2v) is 18.3. The van der Waals surface area contributed by atoms with Crippen LogP contribution in [0.15, 0.2) is 0 Å².